The smallest absolute Gasteiger partial charge is 0.217 e. The second-order valence-electron chi connectivity index (χ2n) is 3.09. The van der Waals surface area contributed by atoms with Gasteiger partial charge in [0, 0.05) is 12.4 Å². The lowest BCUT2D eigenvalue weighted by Crippen LogP contribution is -1.80. The number of benzene rings is 1. The summed E-state index contributed by atoms with van der Waals surface area (Å²) in [6.07, 6.45) is 3.29. The number of azo groups is 1. The minimum Gasteiger partial charge on any atom is -0.217 e. The van der Waals surface area contributed by atoms with Crippen LogP contribution in [0.5, 0.6) is 0 Å². The first kappa shape index (κ1) is 10.9. The summed E-state index contributed by atoms with van der Waals surface area (Å²) in [5.74, 6) is 0.374. The molecule has 0 spiro atoms. The van der Waals surface area contributed by atoms with E-state index in [2.05, 4.69) is 36.1 Å². The fraction of sp³-hybridized carbons (Fsp3) is 0.0909. The van der Waals surface area contributed by atoms with Crippen molar-refractivity contribution in [2.75, 3.05) is 0 Å². The average Bonchev–Trinajstić information content (AvgIpc) is 2.33. The lowest BCUT2D eigenvalue weighted by Gasteiger charge is -1.93. The predicted molar refractivity (Wildman–Crippen MR) is 64.4 cm³/mol. The molecule has 0 aliphatic carbocycles. The molecule has 0 unspecified atom stereocenters. The van der Waals surface area contributed by atoms with E-state index in [4.69, 9.17) is 0 Å². The third kappa shape index (κ3) is 3.20. The largest absolute Gasteiger partial charge is 0.268 e. The third-order valence-electron chi connectivity index (χ3n) is 1.86. The highest BCUT2D eigenvalue weighted by Crippen LogP contribution is 2.10. The summed E-state index contributed by atoms with van der Waals surface area (Å²) in [6.45, 7) is 0.542. The summed E-state index contributed by atoms with van der Waals surface area (Å²) in [5.41, 5.74) is 1.11. The van der Waals surface area contributed by atoms with Gasteiger partial charge in [0.2, 0.25) is 0 Å². The molecule has 0 saturated carbocycles. The zero-order chi connectivity index (χ0) is 11.2. The van der Waals surface area contributed by atoms with Crippen LogP contribution < -0.4 is 0 Å². The average molecular weight is 277 g/mol. The molecule has 4 nitrogen and oxygen atoms in total. The maximum absolute atomic E-state index is 4.03. The summed E-state index contributed by atoms with van der Waals surface area (Å²) in [6, 6.07) is 9.92. The van der Waals surface area contributed by atoms with Gasteiger partial charge >= 0.3 is 0 Å². The molecule has 5 heteroatoms. The quantitative estimate of drug-likeness (QED) is 0.806. The molecule has 1 aromatic carbocycles. The van der Waals surface area contributed by atoms with E-state index in [1.807, 2.05) is 30.3 Å². The molecule has 0 aliphatic heterocycles. The van der Waals surface area contributed by atoms with Gasteiger partial charge in [-0.1, -0.05) is 30.3 Å². The lowest BCUT2D eigenvalue weighted by atomic mass is 10.2. The molecule has 1 heterocycles. The Labute approximate surface area is 102 Å². The fourth-order valence-corrected chi connectivity index (χ4v) is 1.33. The first-order valence-electron chi connectivity index (χ1n) is 4.73. The van der Waals surface area contributed by atoms with Crippen LogP contribution in [0.15, 0.2) is 57.4 Å². The van der Waals surface area contributed by atoms with E-state index in [0.717, 1.165) is 10.0 Å². The molecule has 0 saturated heterocycles. The summed E-state index contributed by atoms with van der Waals surface area (Å²) < 4.78 is 0.828. The molecule has 0 N–H and O–H groups in total. The van der Waals surface area contributed by atoms with Crippen LogP contribution in [0.2, 0.25) is 0 Å². The van der Waals surface area contributed by atoms with Gasteiger partial charge in [0.1, 0.15) is 0 Å². The Bertz CT molecular complexity index is 467. The van der Waals surface area contributed by atoms with Crippen LogP contribution >= 0.6 is 15.9 Å². The number of hydrogen-bond donors (Lipinski definition) is 0. The molecule has 0 radical (unpaired) electrons. The summed E-state index contributed by atoms with van der Waals surface area (Å²) in [4.78, 5) is 7.98. The Kier molecular flexibility index (Phi) is 3.71. The van der Waals surface area contributed by atoms with E-state index in [-0.39, 0.29) is 0 Å². The number of halogens is 1. The summed E-state index contributed by atoms with van der Waals surface area (Å²) >= 11 is 3.25. The minimum atomic E-state index is 0.374. The topological polar surface area (TPSA) is 50.5 Å². The van der Waals surface area contributed by atoms with Crippen LogP contribution in [0, 0.1) is 0 Å². The summed E-state index contributed by atoms with van der Waals surface area (Å²) in [7, 11) is 0. The van der Waals surface area contributed by atoms with Gasteiger partial charge in [-0.05, 0) is 21.5 Å². The zero-order valence-electron chi connectivity index (χ0n) is 8.42. The van der Waals surface area contributed by atoms with E-state index >= 15 is 0 Å². The molecule has 1 aromatic heterocycles. The van der Waals surface area contributed by atoms with Gasteiger partial charge in [-0.2, -0.15) is 5.11 Å². The zero-order valence-corrected chi connectivity index (χ0v) is 10.0. The molecule has 0 fully saturated rings. The lowest BCUT2D eigenvalue weighted by molar-refractivity contribution is 0.925. The van der Waals surface area contributed by atoms with E-state index in [1.165, 1.54) is 0 Å². The van der Waals surface area contributed by atoms with Gasteiger partial charge in [-0.3, -0.25) is 0 Å². The highest BCUT2D eigenvalue weighted by molar-refractivity contribution is 9.10. The molecule has 16 heavy (non-hydrogen) atoms. The van der Waals surface area contributed by atoms with Gasteiger partial charge in [-0.25, -0.2) is 9.97 Å². The molecule has 80 valence electrons. The summed E-state index contributed by atoms with van der Waals surface area (Å²) in [5, 5.41) is 7.95. The highest BCUT2D eigenvalue weighted by Gasteiger charge is 1.92. The minimum absolute atomic E-state index is 0.374. The van der Waals surface area contributed by atoms with Crippen molar-refractivity contribution in [2.45, 2.75) is 6.54 Å². The maximum atomic E-state index is 4.03. The Hall–Kier alpha value is -1.62. The number of aromatic nitrogens is 2. The molecule has 0 atom stereocenters. The number of nitrogens with zero attached hydrogens (tertiary/aromatic N) is 4. The molecular weight excluding hydrogens is 268 g/mol. The van der Waals surface area contributed by atoms with Crippen molar-refractivity contribution in [1.29, 1.82) is 0 Å². The Morgan fingerprint density at radius 3 is 2.44 bits per heavy atom. The molecule has 0 aliphatic rings. The van der Waals surface area contributed by atoms with E-state index < -0.39 is 0 Å². The van der Waals surface area contributed by atoms with Crippen LogP contribution in [0.3, 0.4) is 0 Å². The van der Waals surface area contributed by atoms with E-state index in [1.54, 1.807) is 12.4 Å². The van der Waals surface area contributed by atoms with Crippen LogP contribution in [0.25, 0.3) is 0 Å². The Morgan fingerprint density at radius 1 is 1.06 bits per heavy atom. The van der Waals surface area contributed by atoms with Gasteiger partial charge < -0.3 is 0 Å². The first-order valence-corrected chi connectivity index (χ1v) is 5.53. The van der Waals surface area contributed by atoms with Crippen molar-refractivity contribution in [3.63, 3.8) is 0 Å². The van der Waals surface area contributed by atoms with Crippen LogP contribution in [-0.4, -0.2) is 9.97 Å². The second-order valence-corrected chi connectivity index (χ2v) is 4.00. The van der Waals surface area contributed by atoms with Crippen molar-refractivity contribution >= 4 is 21.9 Å². The van der Waals surface area contributed by atoms with Gasteiger partial charge in [0.05, 0.1) is 11.0 Å². The molecule has 2 aromatic rings. The second kappa shape index (κ2) is 5.46. The van der Waals surface area contributed by atoms with Crippen molar-refractivity contribution < 1.29 is 0 Å². The van der Waals surface area contributed by atoms with E-state index in [0.29, 0.717) is 12.5 Å². The maximum Gasteiger partial charge on any atom is 0.268 e. The highest BCUT2D eigenvalue weighted by atomic mass is 79.9. The third-order valence-corrected chi connectivity index (χ3v) is 2.27. The SMILES string of the molecule is Brc1cnc(N=NCc2ccccc2)nc1. The van der Waals surface area contributed by atoms with Gasteiger partial charge in [0.25, 0.3) is 5.95 Å². The standard InChI is InChI=1S/C11H9BrN4/c12-10-7-13-11(14-8-10)16-15-6-9-4-2-1-3-5-9/h1-5,7-8H,6H2. The van der Waals surface area contributed by atoms with Gasteiger partial charge in [-0.15, -0.1) is 5.11 Å². The van der Waals surface area contributed by atoms with Crippen molar-refractivity contribution in [3.8, 4) is 0 Å². The van der Waals surface area contributed by atoms with Crippen LogP contribution in [0.1, 0.15) is 5.56 Å². The molecule has 0 amide bonds. The van der Waals surface area contributed by atoms with Crippen LogP contribution in [0.4, 0.5) is 5.95 Å². The Balaban J connectivity index is 1.98. The van der Waals surface area contributed by atoms with Gasteiger partial charge in [0.15, 0.2) is 0 Å². The molecule has 2 rings (SSSR count). The fourth-order valence-electron chi connectivity index (χ4n) is 1.12. The van der Waals surface area contributed by atoms with Crippen molar-refractivity contribution in [2.24, 2.45) is 10.2 Å². The normalized spacial score (nSPS) is 10.8. The predicted octanol–water partition coefficient (Wildman–Crippen LogP) is 3.52. The number of rotatable bonds is 3. The Morgan fingerprint density at radius 2 is 1.75 bits per heavy atom. The van der Waals surface area contributed by atoms with E-state index in [9.17, 15) is 0 Å². The molecule has 0 bridgehead atoms. The monoisotopic (exact) mass is 276 g/mol. The van der Waals surface area contributed by atoms with Crippen LogP contribution in [-0.2, 0) is 6.54 Å². The first-order chi connectivity index (χ1) is 7.84. The van der Waals surface area contributed by atoms with Crippen molar-refractivity contribution in [1.82, 2.24) is 9.97 Å². The van der Waals surface area contributed by atoms with Crippen molar-refractivity contribution in [3.05, 3.63) is 52.8 Å². The number of hydrogen-bond acceptors (Lipinski definition) is 4. The molecular formula is C11H9BrN4.